The van der Waals surface area contributed by atoms with Crippen LogP contribution in [0.1, 0.15) is 61.6 Å². The molecule has 7 rings (SSSR count). The molecule has 0 aliphatic heterocycles. The second-order valence-corrected chi connectivity index (χ2v) is 11.1. The number of aryl methyl sites for hydroxylation is 2. The van der Waals surface area contributed by atoms with E-state index in [0.717, 1.165) is 27.3 Å². The zero-order valence-electron chi connectivity index (χ0n) is 27.3. The molecule has 1 aliphatic rings. The van der Waals surface area contributed by atoms with Crippen molar-refractivity contribution in [2.24, 2.45) is 0 Å². The number of fused-ring (bicyclic) bond motifs is 3. The van der Waals surface area contributed by atoms with Gasteiger partial charge in [0.05, 0.1) is 2.74 Å². The van der Waals surface area contributed by atoms with Crippen LogP contribution in [0.15, 0.2) is 91.2 Å². The minimum atomic E-state index is -2.45. The quantitative estimate of drug-likeness (QED) is 0.170. The molecule has 0 bridgehead atoms. The van der Waals surface area contributed by atoms with Crippen molar-refractivity contribution >= 4 is 31.5 Å². The van der Waals surface area contributed by atoms with Crippen molar-refractivity contribution in [3.05, 3.63) is 120 Å². The molecule has 6 aromatic rings. The van der Waals surface area contributed by atoms with Crippen molar-refractivity contribution in [3.63, 3.8) is 0 Å². The number of aromatic nitrogens is 2. The summed E-state index contributed by atoms with van der Waals surface area (Å²) in [6, 6.07) is 28.6. The maximum absolute atomic E-state index is 8.19. The molecule has 1 aliphatic carbocycles. The molecule has 0 N–H and O–H groups in total. The van der Waals surface area contributed by atoms with Gasteiger partial charge in [-0.15, -0.1) is 59.2 Å². The molecule has 0 unspecified atom stereocenters. The van der Waals surface area contributed by atoms with E-state index in [-0.39, 0.29) is 43.4 Å². The molecule has 3 aromatic heterocycles. The standard InChI is InChI=1S/C19H14NS.C17H18N.Ir/c1-12-6-9-17(20-11-12)14-7-8-15-16-5-3-4-13(2)19(16)21-18(15)10-14;1-2-6-14(7-3-1)15-9-11-16(12-10-15)17-8-4-5-13-18-17;/h3-6,8-11H,1-2H3;4-5,8-11,13-14H,1-3,6-7H2;/q2*-1;/i1D3,6D,9D;;. The summed E-state index contributed by atoms with van der Waals surface area (Å²) in [5, 5.41) is 2.26. The largest absolute Gasteiger partial charge is 0.305 e. The molecule has 1 fully saturated rings. The molecule has 0 amide bonds. The molecule has 1 saturated carbocycles. The first-order valence-corrected chi connectivity index (χ1v) is 14.3. The third kappa shape index (κ3) is 6.25. The van der Waals surface area contributed by atoms with E-state index in [1.807, 2.05) is 42.6 Å². The van der Waals surface area contributed by atoms with E-state index in [4.69, 9.17) is 6.85 Å². The Kier molecular flexibility index (Phi) is 7.31. The van der Waals surface area contributed by atoms with E-state index in [1.165, 1.54) is 59.5 Å². The van der Waals surface area contributed by atoms with Crippen LogP contribution in [0, 0.1) is 25.9 Å². The van der Waals surface area contributed by atoms with Crippen LogP contribution in [0.4, 0.5) is 0 Å². The second kappa shape index (κ2) is 13.0. The number of nitrogens with zero attached hydrogens (tertiary/aromatic N) is 2. The van der Waals surface area contributed by atoms with Gasteiger partial charge in [0.25, 0.3) is 0 Å². The number of hydrogen-bond acceptors (Lipinski definition) is 3. The van der Waals surface area contributed by atoms with Gasteiger partial charge in [-0.05, 0) is 52.4 Å². The van der Waals surface area contributed by atoms with E-state index in [1.54, 1.807) is 11.3 Å². The summed E-state index contributed by atoms with van der Waals surface area (Å²) in [6.45, 7) is -0.374. The smallest absolute Gasteiger partial charge is 0.0618 e. The first-order chi connectivity index (χ1) is 21.2. The minimum absolute atomic E-state index is 0. The van der Waals surface area contributed by atoms with Crippen LogP contribution in [-0.4, -0.2) is 9.97 Å². The van der Waals surface area contributed by atoms with Crippen LogP contribution >= 0.6 is 11.3 Å². The van der Waals surface area contributed by atoms with Gasteiger partial charge in [-0.3, -0.25) is 0 Å². The molecule has 1 radical (unpaired) electrons. The summed E-state index contributed by atoms with van der Waals surface area (Å²) >= 11 is 1.67. The van der Waals surface area contributed by atoms with Crippen molar-refractivity contribution < 1.29 is 27.0 Å². The topological polar surface area (TPSA) is 25.8 Å². The summed E-state index contributed by atoms with van der Waals surface area (Å²) in [5.41, 5.74) is 5.43. The zero-order chi connectivity index (χ0) is 30.8. The van der Waals surface area contributed by atoms with E-state index in [0.29, 0.717) is 5.56 Å². The monoisotopic (exact) mass is 722 g/mol. The Hall–Kier alpha value is -3.17. The SMILES string of the molecule is [2H]c1c(C([2H])([2H])[2H])cnc(-c2[c-]cc3c(c2)sc2c(C)cccc23)c1[2H].[Ir].[c-]1cc(C2CCCCC2)ccc1-c1ccccn1. The fourth-order valence-corrected chi connectivity index (χ4v) is 6.47. The Morgan fingerprint density at radius 3 is 2.52 bits per heavy atom. The van der Waals surface area contributed by atoms with E-state index in [2.05, 4.69) is 59.4 Å². The van der Waals surface area contributed by atoms with Gasteiger partial charge in [0, 0.05) is 41.3 Å². The molecule has 203 valence electrons. The van der Waals surface area contributed by atoms with E-state index in [9.17, 15) is 0 Å². The van der Waals surface area contributed by atoms with Gasteiger partial charge in [0.1, 0.15) is 0 Å². The van der Waals surface area contributed by atoms with Gasteiger partial charge in [0.2, 0.25) is 0 Å². The maximum atomic E-state index is 8.19. The number of thiophene rings is 1. The van der Waals surface area contributed by atoms with Crippen LogP contribution in [-0.2, 0) is 20.1 Å². The maximum Gasteiger partial charge on any atom is 0.0618 e. The number of benzene rings is 3. The van der Waals surface area contributed by atoms with Crippen LogP contribution in [0.5, 0.6) is 0 Å². The summed E-state index contributed by atoms with van der Waals surface area (Å²) < 4.78 is 40.9. The first-order valence-electron chi connectivity index (χ1n) is 15.9. The average molecular weight is 722 g/mol. The Bertz CT molecular complexity index is 1910. The Labute approximate surface area is 261 Å². The molecule has 0 spiro atoms. The molecule has 4 heteroatoms. The van der Waals surface area contributed by atoms with Crippen molar-refractivity contribution in [1.82, 2.24) is 9.97 Å². The number of hydrogen-bond donors (Lipinski definition) is 0. The summed E-state index contributed by atoms with van der Waals surface area (Å²) in [6.07, 6.45) is 9.87. The molecular weight excluding hydrogens is 685 g/mol. The predicted molar refractivity (Wildman–Crippen MR) is 165 cm³/mol. The molecule has 40 heavy (non-hydrogen) atoms. The van der Waals surface area contributed by atoms with Crippen LogP contribution in [0.2, 0.25) is 0 Å². The van der Waals surface area contributed by atoms with Crippen molar-refractivity contribution in [3.8, 4) is 22.5 Å². The van der Waals surface area contributed by atoms with Gasteiger partial charge in [0.15, 0.2) is 0 Å². The van der Waals surface area contributed by atoms with Crippen LogP contribution < -0.4 is 0 Å². The Morgan fingerprint density at radius 1 is 0.875 bits per heavy atom. The zero-order valence-corrected chi connectivity index (χ0v) is 25.5. The van der Waals surface area contributed by atoms with Gasteiger partial charge in [-0.25, -0.2) is 0 Å². The van der Waals surface area contributed by atoms with Gasteiger partial charge in [-0.2, -0.15) is 11.3 Å². The normalized spacial score (nSPS) is 15.6. The third-order valence-corrected chi connectivity index (χ3v) is 8.68. The summed E-state index contributed by atoms with van der Waals surface area (Å²) in [7, 11) is 0. The van der Waals surface area contributed by atoms with E-state index >= 15 is 0 Å². The number of pyridine rings is 2. The summed E-state index contributed by atoms with van der Waals surface area (Å²) in [5.74, 6) is 0.757. The predicted octanol–water partition coefficient (Wildman–Crippen LogP) is 10.1. The Balaban J connectivity index is 0.000000185. The van der Waals surface area contributed by atoms with Crippen molar-refractivity contribution in [2.75, 3.05) is 0 Å². The fourth-order valence-electron chi connectivity index (χ4n) is 5.28. The molecule has 3 heterocycles. The molecule has 0 atom stereocenters. The average Bonchev–Trinajstić information content (AvgIpc) is 3.42. The molecular formula is C36H32IrN2S-2. The van der Waals surface area contributed by atoms with Crippen LogP contribution in [0.25, 0.3) is 42.7 Å². The van der Waals surface area contributed by atoms with Crippen molar-refractivity contribution in [1.29, 1.82) is 0 Å². The fraction of sp³-hybridized carbons (Fsp3) is 0.222. The second-order valence-electron chi connectivity index (χ2n) is 10.0. The molecule has 3 aromatic carbocycles. The first kappa shape index (κ1) is 22.5. The van der Waals surface area contributed by atoms with Gasteiger partial charge >= 0.3 is 0 Å². The summed E-state index contributed by atoms with van der Waals surface area (Å²) in [4.78, 5) is 8.52. The van der Waals surface area contributed by atoms with Gasteiger partial charge in [-0.1, -0.05) is 85.8 Å². The molecule has 0 saturated heterocycles. The Morgan fingerprint density at radius 2 is 1.75 bits per heavy atom. The third-order valence-electron chi connectivity index (χ3n) is 7.37. The minimum Gasteiger partial charge on any atom is -0.305 e. The number of rotatable bonds is 3. The van der Waals surface area contributed by atoms with E-state index < -0.39 is 6.85 Å². The van der Waals surface area contributed by atoms with Crippen LogP contribution in [0.3, 0.4) is 0 Å². The van der Waals surface area contributed by atoms with Crippen molar-refractivity contribution in [2.45, 2.75) is 51.8 Å². The van der Waals surface area contributed by atoms with Gasteiger partial charge < -0.3 is 9.97 Å². The molecule has 2 nitrogen and oxygen atoms in total.